The Hall–Kier alpha value is -2.17. The number of amides is 1. The van der Waals surface area contributed by atoms with Crippen LogP contribution >= 0.6 is 0 Å². The van der Waals surface area contributed by atoms with Gasteiger partial charge in [0.25, 0.3) is 0 Å². The van der Waals surface area contributed by atoms with Crippen molar-refractivity contribution in [2.75, 3.05) is 39.3 Å². The maximum absolute atomic E-state index is 12.9. The van der Waals surface area contributed by atoms with Crippen LogP contribution in [0.25, 0.3) is 0 Å². The summed E-state index contributed by atoms with van der Waals surface area (Å²) >= 11 is 0. The summed E-state index contributed by atoms with van der Waals surface area (Å²) in [7, 11) is 0. The van der Waals surface area contributed by atoms with E-state index in [4.69, 9.17) is 0 Å². The molecule has 2 fully saturated rings. The molecule has 2 aromatic rings. The van der Waals surface area contributed by atoms with Crippen molar-refractivity contribution in [3.8, 4) is 0 Å². The van der Waals surface area contributed by atoms with Crippen LogP contribution in [-0.2, 0) is 4.79 Å². The third-order valence-electron chi connectivity index (χ3n) is 6.66. The summed E-state index contributed by atoms with van der Waals surface area (Å²) in [5, 5.41) is 3.53. The van der Waals surface area contributed by atoms with E-state index in [1.54, 1.807) is 0 Å². The van der Waals surface area contributed by atoms with Crippen LogP contribution < -0.4 is 5.32 Å². The smallest absolute Gasteiger partial charge is 0.236 e. The van der Waals surface area contributed by atoms with Gasteiger partial charge in [-0.05, 0) is 55.8 Å². The zero-order valence-corrected chi connectivity index (χ0v) is 18.0. The number of carbonyl (C=O) groups is 1. The highest BCUT2D eigenvalue weighted by molar-refractivity contribution is 5.78. The quantitative estimate of drug-likeness (QED) is 0.754. The van der Waals surface area contributed by atoms with Crippen LogP contribution in [0, 0.1) is 5.92 Å². The van der Waals surface area contributed by atoms with E-state index in [9.17, 15) is 4.79 Å². The highest BCUT2D eigenvalue weighted by Crippen LogP contribution is 2.23. The molecule has 1 N–H and O–H groups in total. The molecule has 4 nitrogen and oxygen atoms in total. The second-order valence-corrected chi connectivity index (χ2v) is 8.82. The van der Waals surface area contributed by atoms with Gasteiger partial charge in [-0.2, -0.15) is 0 Å². The summed E-state index contributed by atoms with van der Waals surface area (Å²) in [6.45, 7) is 5.95. The third-order valence-corrected chi connectivity index (χ3v) is 6.66. The molecule has 4 heteroatoms. The molecule has 30 heavy (non-hydrogen) atoms. The van der Waals surface area contributed by atoms with Crippen molar-refractivity contribution in [1.29, 1.82) is 0 Å². The number of carbonyl (C=O) groups excluding carboxylic acids is 1. The second kappa shape index (κ2) is 10.7. The largest absolute Gasteiger partial charge is 0.342 e. The fraction of sp³-hybridized carbons (Fsp3) is 0.500. The molecule has 2 heterocycles. The average molecular weight is 406 g/mol. The second-order valence-electron chi connectivity index (χ2n) is 8.82. The minimum Gasteiger partial charge on any atom is -0.342 e. The first-order valence-corrected chi connectivity index (χ1v) is 11.6. The Labute approximate surface area is 181 Å². The monoisotopic (exact) mass is 405 g/mol. The van der Waals surface area contributed by atoms with Crippen LogP contribution in [0.1, 0.15) is 49.3 Å². The van der Waals surface area contributed by atoms with Gasteiger partial charge in [-0.3, -0.25) is 10.1 Å². The van der Waals surface area contributed by atoms with E-state index in [1.807, 2.05) is 12.1 Å². The molecule has 2 aliphatic heterocycles. The first kappa shape index (κ1) is 21.1. The Kier molecular flexibility index (Phi) is 7.54. The first-order chi connectivity index (χ1) is 14.8. The molecule has 0 unspecified atom stereocenters. The van der Waals surface area contributed by atoms with E-state index >= 15 is 0 Å². The standard InChI is InChI=1S/C26H35N3O/c30-25(29-18-14-22(15-19-29)21-28-16-8-3-9-17-28)20-27-26(23-10-4-1-5-11-23)24-12-6-2-7-13-24/h1-2,4-7,10-13,22,26-27H,3,8-9,14-21H2. The van der Waals surface area contributed by atoms with Gasteiger partial charge in [-0.1, -0.05) is 67.1 Å². The molecule has 0 atom stereocenters. The third kappa shape index (κ3) is 5.71. The molecule has 4 rings (SSSR count). The number of likely N-dealkylation sites (tertiary alicyclic amines) is 2. The Morgan fingerprint density at radius 3 is 1.97 bits per heavy atom. The van der Waals surface area contributed by atoms with E-state index < -0.39 is 0 Å². The van der Waals surface area contributed by atoms with E-state index in [1.165, 1.54) is 50.0 Å². The van der Waals surface area contributed by atoms with E-state index in [-0.39, 0.29) is 11.9 Å². The number of rotatable bonds is 7. The fourth-order valence-corrected chi connectivity index (χ4v) is 4.89. The molecule has 2 aliphatic rings. The number of nitrogens with zero attached hydrogens (tertiary/aromatic N) is 2. The number of piperidine rings is 2. The minimum atomic E-state index is 0.0352. The van der Waals surface area contributed by atoms with Crippen molar-refractivity contribution in [2.24, 2.45) is 5.92 Å². The Morgan fingerprint density at radius 1 is 0.833 bits per heavy atom. The highest BCUT2D eigenvalue weighted by Gasteiger charge is 2.25. The fourth-order valence-electron chi connectivity index (χ4n) is 4.89. The maximum atomic E-state index is 12.9. The van der Waals surface area contributed by atoms with Crippen LogP contribution in [0.15, 0.2) is 60.7 Å². The predicted molar refractivity (Wildman–Crippen MR) is 122 cm³/mol. The van der Waals surface area contributed by atoms with Gasteiger partial charge < -0.3 is 9.80 Å². The van der Waals surface area contributed by atoms with E-state index in [0.717, 1.165) is 31.8 Å². The van der Waals surface area contributed by atoms with Crippen LogP contribution in [0.2, 0.25) is 0 Å². The maximum Gasteiger partial charge on any atom is 0.236 e. The number of hydrogen-bond donors (Lipinski definition) is 1. The van der Waals surface area contributed by atoms with Gasteiger partial charge >= 0.3 is 0 Å². The number of nitrogens with one attached hydrogen (secondary N) is 1. The number of benzene rings is 2. The van der Waals surface area contributed by atoms with Crippen LogP contribution in [0.3, 0.4) is 0 Å². The van der Waals surface area contributed by atoms with Gasteiger partial charge in [0.2, 0.25) is 5.91 Å². The van der Waals surface area contributed by atoms with Gasteiger partial charge in [0, 0.05) is 19.6 Å². The van der Waals surface area contributed by atoms with E-state index in [0.29, 0.717) is 6.54 Å². The molecular formula is C26H35N3O. The minimum absolute atomic E-state index is 0.0352. The molecular weight excluding hydrogens is 370 g/mol. The molecule has 160 valence electrons. The molecule has 2 aromatic carbocycles. The lowest BCUT2D eigenvalue weighted by atomic mass is 9.95. The van der Waals surface area contributed by atoms with Crippen molar-refractivity contribution in [1.82, 2.24) is 15.1 Å². The predicted octanol–water partition coefficient (Wildman–Crippen LogP) is 4.09. The van der Waals surface area contributed by atoms with Crippen molar-refractivity contribution in [2.45, 2.75) is 38.1 Å². The van der Waals surface area contributed by atoms with Gasteiger partial charge in [0.15, 0.2) is 0 Å². The molecule has 1 amide bonds. The van der Waals surface area contributed by atoms with Gasteiger partial charge in [-0.25, -0.2) is 0 Å². The lowest BCUT2D eigenvalue weighted by Crippen LogP contribution is -2.45. The zero-order valence-electron chi connectivity index (χ0n) is 18.0. The molecule has 0 radical (unpaired) electrons. The van der Waals surface area contributed by atoms with Gasteiger partial charge in [0.1, 0.15) is 0 Å². The van der Waals surface area contributed by atoms with Gasteiger partial charge in [-0.15, -0.1) is 0 Å². The summed E-state index contributed by atoms with van der Waals surface area (Å²) in [4.78, 5) is 17.6. The van der Waals surface area contributed by atoms with E-state index in [2.05, 4.69) is 63.6 Å². The molecule has 0 spiro atoms. The molecule has 0 aliphatic carbocycles. The first-order valence-electron chi connectivity index (χ1n) is 11.6. The SMILES string of the molecule is O=C(CNC(c1ccccc1)c1ccccc1)N1CCC(CN2CCCCC2)CC1. The summed E-state index contributed by atoms with van der Waals surface area (Å²) in [5.41, 5.74) is 2.38. The molecule has 2 saturated heterocycles. The van der Waals surface area contributed by atoms with Crippen molar-refractivity contribution in [3.05, 3.63) is 71.8 Å². The summed E-state index contributed by atoms with van der Waals surface area (Å²) < 4.78 is 0. The average Bonchev–Trinajstić information content (AvgIpc) is 2.82. The van der Waals surface area contributed by atoms with Crippen molar-refractivity contribution in [3.63, 3.8) is 0 Å². The topological polar surface area (TPSA) is 35.6 Å². The van der Waals surface area contributed by atoms with Gasteiger partial charge in [0.05, 0.1) is 12.6 Å². The van der Waals surface area contributed by atoms with Crippen LogP contribution in [0.4, 0.5) is 0 Å². The summed E-state index contributed by atoms with van der Waals surface area (Å²) in [6.07, 6.45) is 6.38. The zero-order chi connectivity index (χ0) is 20.6. The lowest BCUT2D eigenvalue weighted by molar-refractivity contribution is -0.131. The molecule has 0 bridgehead atoms. The lowest BCUT2D eigenvalue weighted by Gasteiger charge is -2.36. The summed E-state index contributed by atoms with van der Waals surface area (Å²) in [5.74, 6) is 0.977. The molecule has 0 aromatic heterocycles. The van der Waals surface area contributed by atoms with Crippen LogP contribution in [-0.4, -0.2) is 55.0 Å². The Morgan fingerprint density at radius 2 is 1.40 bits per heavy atom. The summed E-state index contributed by atoms with van der Waals surface area (Å²) in [6, 6.07) is 20.8. The Balaban J connectivity index is 1.29. The highest BCUT2D eigenvalue weighted by atomic mass is 16.2. The van der Waals surface area contributed by atoms with Crippen molar-refractivity contribution < 1.29 is 4.79 Å². The Bertz CT molecular complexity index is 726. The molecule has 0 saturated carbocycles. The number of hydrogen-bond acceptors (Lipinski definition) is 3. The van der Waals surface area contributed by atoms with Crippen molar-refractivity contribution >= 4 is 5.91 Å². The normalized spacial score (nSPS) is 18.6. The van der Waals surface area contributed by atoms with Crippen LogP contribution in [0.5, 0.6) is 0 Å².